The van der Waals surface area contributed by atoms with Crippen LogP contribution in [0.3, 0.4) is 0 Å². The molecule has 0 amide bonds. The summed E-state index contributed by atoms with van der Waals surface area (Å²) in [5.74, 6) is -1.33. The summed E-state index contributed by atoms with van der Waals surface area (Å²) in [4.78, 5) is 11.7. The van der Waals surface area contributed by atoms with Crippen molar-refractivity contribution in [3.63, 3.8) is 0 Å². The van der Waals surface area contributed by atoms with Gasteiger partial charge in [0.1, 0.15) is 5.56 Å². The number of benzene rings is 1. The zero-order valence-electron chi connectivity index (χ0n) is 10.5. The van der Waals surface area contributed by atoms with E-state index in [2.05, 4.69) is 0 Å². The number of phenolic OH excluding ortho intramolecular Hbond substituents is 1. The van der Waals surface area contributed by atoms with Gasteiger partial charge in [0.2, 0.25) is 5.75 Å². The summed E-state index contributed by atoms with van der Waals surface area (Å²) in [6.45, 7) is 1.73. The van der Waals surface area contributed by atoms with Crippen LogP contribution in [0.4, 0.5) is 18.9 Å². The van der Waals surface area contributed by atoms with Crippen molar-refractivity contribution in [3.05, 3.63) is 33.4 Å². The number of nitro groups is 1. The van der Waals surface area contributed by atoms with Crippen LogP contribution in [0.1, 0.15) is 24.0 Å². The molecule has 110 valence electrons. The number of likely N-dealkylation sites (tertiary alicyclic amines) is 1. The van der Waals surface area contributed by atoms with Gasteiger partial charge in [-0.05, 0) is 37.6 Å². The third-order valence-electron chi connectivity index (χ3n) is 3.26. The van der Waals surface area contributed by atoms with Crippen molar-refractivity contribution in [2.45, 2.75) is 25.6 Å². The summed E-state index contributed by atoms with van der Waals surface area (Å²) in [6.07, 6.45) is -2.89. The quantitative estimate of drug-likeness (QED) is 0.686. The average Bonchev–Trinajstić information content (AvgIpc) is 2.82. The third-order valence-corrected chi connectivity index (χ3v) is 3.26. The maximum Gasteiger partial charge on any atom is 0.420 e. The van der Waals surface area contributed by atoms with Gasteiger partial charge in [0.05, 0.1) is 4.92 Å². The molecule has 1 aliphatic heterocycles. The molecule has 0 atom stereocenters. The number of nitro benzene ring substituents is 1. The van der Waals surface area contributed by atoms with Gasteiger partial charge in [-0.25, -0.2) is 0 Å². The second-order valence-corrected chi connectivity index (χ2v) is 4.75. The lowest BCUT2D eigenvalue weighted by molar-refractivity contribution is -0.386. The molecular formula is C12H13F3N2O3. The fourth-order valence-electron chi connectivity index (χ4n) is 2.32. The van der Waals surface area contributed by atoms with E-state index in [1.54, 1.807) is 0 Å². The lowest BCUT2D eigenvalue weighted by Gasteiger charge is -2.16. The highest BCUT2D eigenvalue weighted by Crippen LogP contribution is 2.41. The molecule has 1 N–H and O–H groups in total. The highest BCUT2D eigenvalue weighted by atomic mass is 19.4. The molecule has 8 heteroatoms. The van der Waals surface area contributed by atoms with Gasteiger partial charge in [-0.3, -0.25) is 15.0 Å². The minimum atomic E-state index is -4.82. The van der Waals surface area contributed by atoms with E-state index in [1.807, 2.05) is 4.90 Å². The molecule has 1 aromatic rings. The Morgan fingerprint density at radius 2 is 1.90 bits per heavy atom. The van der Waals surface area contributed by atoms with E-state index in [1.165, 1.54) is 0 Å². The van der Waals surface area contributed by atoms with Gasteiger partial charge in [-0.15, -0.1) is 0 Å². The Bertz CT molecular complexity index is 525. The molecule has 1 saturated heterocycles. The fourth-order valence-corrected chi connectivity index (χ4v) is 2.32. The molecule has 20 heavy (non-hydrogen) atoms. The van der Waals surface area contributed by atoms with Crippen LogP contribution in [-0.4, -0.2) is 28.0 Å². The molecular weight excluding hydrogens is 277 g/mol. The summed E-state index contributed by atoms with van der Waals surface area (Å²) in [6, 6.07) is 1.78. The number of rotatable bonds is 3. The van der Waals surface area contributed by atoms with Crippen LogP contribution >= 0.6 is 0 Å². The molecule has 1 heterocycles. The summed E-state index contributed by atoms with van der Waals surface area (Å²) in [5.41, 5.74) is -2.08. The first-order valence-electron chi connectivity index (χ1n) is 6.09. The number of nitrogens with zero attached hydrogens (tertiary/aromatic N) is 2. The Labute approximate surface area is 112 Å². The van der Waals surface area contributed by atoms with Crippen molar-refractivity contribution in [1.29, 1.82) is 0 Å². The van der Waals surface area contributed by atoms with Gasteiger partial charge in [-0.2, -0.15) is 13.2 Å². The number of alkyl halides is 3. The van der Waals surface area contributed by atoms with Crippen molar-refractivity contribution in [2.75, 3.05) is 13.1 Å². The first kappa shape index (κ1) is 14.6. The van der Waals surface area contributed by atoms with Gasteiger partial charge >= 0.3 is 11.9 Å². The van der Waals surface area contributed by atoms with Crippen molar-refractivity contribution in [2.24, 2.45) is 0 Å². The highest BCUT2D eigenvalue weighted by molar-refractivity contribution is 5.54. The molecule has 2 rings (SSSR count). The topological polar surface area (TPSA) is 66.6 Å². The molecule has 0 radical (unpaired) electrons. The van der Waals surface area contributed by atoms with E-state index in [-0.39, 0.29) is 12.1 Å². The lowest BCUT2D eigenvalue weighted by atomic mass is 10.1. The first-order valence-corrected chi connectivity index (χ1v) is 6.09. The summed E-state index contributed by atoms with van der Waals surface area (Å²) < 4.78 is 38.4. The van der Waals surface area contributed by atoms with Gasteiger partial charge in [0, 0.05) is 12.6 Å². The van der Waals surface area contributed by atoms with E-state index < -0.39 is 28.1 Å². The monoisotopic (exact) mass is 290 g/mol. The minimum Gasteiger partial charge on any atom is -0.502 e. The predicted molar refractivity (Wildman–Crippen MR) is 64.3 cm³/mol. The zero-order chi connectivity index (χ0) is 14.9. The van der Waals surface area contributed by atoms with Crippen molar-refractivity contribution >= 4 is 5.69 Å². The van der Waals surface area contributed by atoms with Crippen LogP contribution in [0, 0.1) is 10.1 Å². The smallest absolute Gasteiger partial charge is 0.420 e. The Balaban J connectivity index is 2.41. The van der Waals surface area contributed by atoms with Crippen LogP contribution in [0.25, 0.3) is 0 Å². The van der Waals surface area contributed by atoms with Crippen LogP contribution in [-0.2, 0) is 12.7 Å². The maximum atomic E-state index is 12.8. The normalized spacial score (nSPS) is 16.6. The van der Waals surface area contributed by atoms with Gasteiger partial charge < -0.3 is 5.11 Å². The highest BCUT2D eigenvalue weighted by Gasteiger charge is 2.38. The standard InChI is InChI=1S/C12H13F3N2O3/c13-12(14,15)9-5-8(7-16-3-1-2-4-16)6-10(11(9)18)17(19)20/h5-6,18H,1-4,7H2. The van der Waals surface area contributed by atoms with E-state index >= 15 is 0 Å². The van der Waals surface area contributed by atoms with Gasteiger partial charge in [0.25, 0.3) is 0 Å². The fraction of sp³-hybridized carbons (Fsp3) is 0.500. The van der Waals surface area contributed by atoms with E-state index in [0.717, 1.165) is 38.1 Å². The summed E-state index contributed by atoms with van der Waals surface area (Å²) in [5, 5.41) is 20.2. The Hall–Kier alpha value is -1.83. The number of phenols is 1. The van der Waals surface area contributed by atoms with Crippen LogP contribution in [0.2, 0.25) is 0 Å². The largest absolute Gasteiger partial charge is 0.502 e. The Morgan fingerprint density at radius 3 is 2.40 bits per heavy atom. The first-order chi connectivity index (χ1) is 9.29. The van der Waals surface area contributed by atoms with Crippen molar-refractivity contribution < 1.29 is 23.2 Å². The molecule has 1 aliphatic rings. The second kappa shape index (κ2) is 5.28. The Kier molecular flexibility index (Phi) is 3.85. The zero-order valence-corrected chi connectivity index (χ0v) is 10.5. The molecule has 0 bridgehead atoms. The van der Waals surface area contributed by atoms with E-state index in [9.17, 15) is 28.4 Å². The van der Waals surface area contributed by atoms with E-state index in [0.29, 0.717) is 0 Å². The summed E-state index contributed by atoms with van der Waals surface area (Å²) >= 11 is 0. The van der Waals surface area contributed by atoms with E-state index in [4.69, 9.17) is 0 Å². The van der Waals surface area contributed by atoms with Crippen molar-refractivity contribution in [1.82, 2.24) is 4.90 Å². The number of hydrogen-bond donors (Lipinski definition) is 1. The minimum absolute atomic E-state index is 0.184. The second-order valence-electron chi connectivity index (χ2n) is 4.75. The molecule has 0 unspecified atom stereocenters. The predicted octanol–water partition coefficient (Wildman–Crippen LogP) is 2.92. The molecule has 0 aromatic heterocycles. The molecule has 0 spiro atoms. The lowest BCUT2D eigenvalue weighted by Crippen LogP contribution is -2.19. The maximum absolute atomic E-state index is 12.8. The molecule has 0 saturated carbocycles. The van der Waals surface area contributed by atoms with Gasteiger partial charge in [-0.1, -0.05) is 0 Å². The van der Waals surface area contributed by atoms with Crippen LogP contribution in [0.5, 0.6) is 5.75 Å². The van der Waals surface area contributed by atoms with Gasteiger partial charge in [0.15, 0.2) is 0 Å². The van der Waals surface area contributed by atoms with Crippen molar-refractivity contribution in [3.8, 4) is 5.75 Å². The Morgan fingerprint density at radius 1 is 1.30 bits per heavy atom. The number of halogens is 3. The summed E-state index contributed by atoms with van der Waals surface area (Å²) in [7, 11) is 0. The molecule has 1 fully saturated rings. The van der Waals surface area contributed by atoms with Crippen LogP contribution < -0.4 is 0 Å². The average molecular weight is 290 g/mol. The number of aromatic hydroxyl groups is 1. The molecule has 5 nitrogen and oxygen atoms in total. The van der Waals surface area contributed by atoms with Crippen LogP contribution in [0.15, 0.2) is 12.1 Å². The third kappa shape index (κ3) is 3.01. The number of hydrogen-bond acceptors (Lipinski definition) is 4. The molecule has 0 aliphatic carbocycles. The molecule has 1 aromatic carbocycles. The SMILES string of the molecule is O=[N+]([O-])c1cc(CN2CCCC2)cc(C(F)(F)F)c1O.